The summed E-state index contributed by atoms with van der Waals surface area (Å²) in [5, 5.41) is -0.382. The van der Waals surface area contributed by atoms with E-state index in [4.69, 9.17) is 16.3 Å². The van der Waals surface area contributed by atoms with Gasteiger partial charge in [-0.2, -0.15) is 0 Å². The number of ether oxygens (including phenoxy) is 1. The highest BCUT2D eigenvalue weighted by atomic mass is 35.5. The van der Waals surface area contributed by atoms with Crippen LogP contribution in [0.5, 0.6) is 0 Å². The number of hydrogen-bond acceptors (Lipinski definition) is 3. The molecule has 124 valence electrons. The van der Waals surface area contributed by atoms with Crippen LogP contribution in [0, 0.1) is 0 Å². The van der Waals surface area contributed by atoms with Gasteiger partial charge in [-0.3, -0.25) is 9.59 Å². The number of rotatable bonds is 4. The maximum Gasteiger partial charge on any atom is 0.321 e. The molecule has 3 rings (SSSR count). The molecule has 1 unspecified atom stereocenters. The van der Waals surface area contributed by atoms with E-state index in [1.54, 1.807) is 6.92 Å². The molecule has 4 heteroatoms. The Morgan fingerprint density at radius 2 is 1.79 bits per heavy atom. The van der Waals surface area contributed by atoms with E-state index in [0.717, 1.165) is 16.7 Å². The summed E-state index contributed by atoms with van der Waals surface area (Å²) in [5.74, 6) is -0.654. The van der Waals surface area contributed by atoms with Crippen LogP contribution >= 0.6 is 11.6 Å². The number of fused-ring (bicyclic) bond motifs is 1. The van der Waals surface area contributed by atoms with Crippen molar-refractivity contribution < 1.29 is 14.3 Å². The molecule has 0 amide bonds. The molecule has 24 heavy (non-hydrogen) atoms. The second kappa shape index (κ2) is 6.78. The Morgan fingerprint density at radius 1 is 1.12 bits per heavy atom. The molecule has 2 atom stereocenters. The van der Waals surface area contributed by atoms with Gasteiger partial charge in [0.2, 0.25) is 5.24 Å². The molecule has 0 fully saturated rings. The van der Waals surface area contributed by atoms with Crippen molar-refractivity contribution in [3.8, 4) is 0 Å². The van der Waals surface area contributed by atoms with Crippen molar-refractivity contribution in [3.63, 3.8) is 0 Å². The molecule has 0 radical (unpaired) electrons. The monoisotopic (exact) mass is 342 g/mol. The zero-order valence-corrected chi connectivity index (χ0v) is 14.3. The lowest BCUT2D eigenvalue weighted by atomic mass is 9.63. The maximum atomic E-state index is 13.0. The first kappa shape index (κ1) is 16.7. The van der Waals surface area contributed by atoms with Crippen molar-refractivity contribution >= 4 is 22.8 Å². The molecule has 2 aromatic rings. The number of halogens is 1. The number of hydrogen-bond donors (Lipinski definition) is 0. The fraction of sp³-hybridized carbons (Fsp3) is 0.300. The normalized spacial score (nSPS) is 22.5. The second-order valence-electron chi connectivity index (χ2n) is 5.97. The predicted molar refractivity (Wildman–Crippen MR) is 93.1 cm³/mol. The van der Waals surface area contributed by atoms with Crippen molar-refractivity contribution in [3.05, 3.63) is 71.3 Å². The van der Waals surface area contributed by atoms with Gasteiger partial charge in [-0.05, 0) is 48.1 Å². The molecule has 0 saturated carbocycles. The fourth-order valence-electron chi connectivity index (χ4n) is 3.68. The first-order chi connectivity index (χ1) is 11.6. The van der Waals surface area contributed by atoms with Gasteiger partial charge in [0.05, 0.1) is 12.5 Å². The van der Waals surface area contributed by atoms with Gasteiger partial charge in [0.25, 0.3) is 0 Å². The lowest BCUT2D eigenvalue weighted by molar-refractivity contribution is -0.149. The lowest BCUT2D eigenvalue weighted by Crippen LogP contribution is -2.43. The fourth-order valence-corrected chi connectivity index (χ4v) is 3.91. The van der Waals surface area contributed by atoms with Crippen molar-refractivity contribution in [2.24, 2.45) is 0 Å². The summed E-state index contributed by atoms with van der Waals surface area (Å²) in [7, 11) is 0. The van der Waals surface area contributed by atoms with Crippen LogP contribution in [-0.2, 0) is 19.7 Å². The minimum Gasteiger partial charge on any atom is -0.465 e. The molecule has 1 aliphatic rings. The molecule has 1 aliphatic carbocycles. The Labute approximate surface area is 146 Å². The van der Waals surface area contributed by atoms with Crippen LogP contribution in [0.3, 0.4) is 0 Å². The van der Waals surface area contributed by atoms with E-state index < -0.39 is 5.41 Å². The second-order valence-corrected chi connectivity index (χ2v) is 6.35. The molecule has 0 aliphatic heterocycles. The van der Waals surface area contributed by atoms with Crippen LogP contribution in [0.1, 0.15) is 42.4 Å². The Morgan fingerprint density at radius 3 is 2.46 bits per heavy atom. The highest BCUT2D eigenvalue weighted by molar-refractivity contribution is 6.64. The number of carbonyl (C=O) groups excluding carboxylic acids is 2. The van der Waals surface area contributed by atoms with Crippen molar-refractivity contribution in [1.82, 2.24) is 0 Å². The molecule has 0 saturated heterocycles. The number of esters is 1. The Bertz CT molecular complexity index is 756. The molecule has 3 nitrogen and oxygen atoms in total. The van der Waals surface area contributed by atoms with Gasteiger partial charge in [0.15, 0.2) is 0 Å². The predicted octanol–water partition coefficient (Wildman–Crippen LogP) is 4.18. The van der Waals surface area contributed by atoms with Gasteiger partial charge in [-0.15, -0.1) is 0 Å². The third kappa shape index (κ3) is 2.63. The Hall–Kier alpha value is -2.13. The number of carbonyl (C=O) groups is 2. The first-order valence-corrected chi connectivity index (χ1v) is 8.50. The molecule has 0 aromatic heterocycles. The molecule has 0 N–H and O–H groups in total. The summed E-state index contributed by atoms with van der Waals surface area (Å²) in [5.41, 5.74) is 1.63. The standard InChI is InChI=1S/C20H19ClO3/c1-2-24-19(23)20(14-8-4-3-5-9-14)13-12-16(18(21)22)15-10-6-7-11-17(15)20/h3-11,16H,2,12-13H2,1H3/t16-,20?/m1/s1. The van der Waals surface area contributed by atoms with Crippen LogP contribution in [0.4, 0.5) is 0 Å². The van der Waals surface area contributed by atoms with E-state index in [1.807, 2.05) is 54.6 Å². The molecule has 0 bridgehead atoms. The van der Waals surface area contributed by atoms with Crippen LogP contribution in [0.25, 0.3) is 0 Å². The molecular formula is C20H19ClO3. The van der Waals surface area contributed by atoms with E-state index in [9.17, 15) is 9.59 Å². The summed E-state index contributed by atoms with van der Waals surface area (Å²) in [6.45, 7) is 2.11. The molecule has 0 heterocycles. The molecular weight excluding hydrogens is 324 g/mol. The van der Waals surface area contributed by atoms with E-state index >= 15 is 0 Å². The van der Waals surface area contributed by atoms with Gasteiger partial charge in [-0.25, -0.2) is 0 Å². The summed E-state index contributed by atoms with van der Waals surface area (Å²) in [6, 6.07) is 17.2. The van der Waals surface area contributed by atoms with Crippen molar-refractivity contribution in [2.45, 2.75) is 31.1 Å². The quantitative estimate of drug-likeness (QED) is 0.618. The zero-order chi connectivity index (χ0) is 17.2. The first-order valence-electron chi connectivity index (χ1n) is 8.12. The zero-order valence-electron chi connectivity index (χ0n) is 13.5. The summed E-state index contributed by atoms with van der Waals surface area (Å²) < 4.78 is 5.43. The Balaban J connectivity index is 2.25. The SMILES string of the molecule is CCOC(=O)C1(c2ccccc2)CC[C@@H](C(=O)Cl)c2ccccc21. The third-order valence-corrected chi connectivity index (χ3v) is 5.03. The molecule has 2 aromatic carbocycles. The minimum atomic E-state index is -0.892. The van der Waals surface area contributed by atoms with Gasteiger partial charge < -0.3 is 4.74 Å². The summed E-state index contributed by atoms with van der Waals surface area (Å²) in [4.78, 5) is 24.9. The largest absolute Gasteiger partial charge is 0.465 e. The van der Waals surface area contributed by atoms with E-state index in [0.29, 0.717) is 19.4 Å². The Kier molecular flexibility index (Phi) is 4.72. The van der Waals surface area contributed by atoms with E-state index in [1.165, 1.54) is 0 Å². The van der Waals surface area contributed by atoms with Crippen molar-refractivity contribution in [2.75, 3.05) is 6.61 Å². The van der Waals surface area contributed by atoms with Gasteiger partial charge in [-0.1, -0.05) is 54.6 Å². The van der Waals surface area contributed by atoms with Crippen molar-refractivity contribution in [1.29, 1.82) is 0 Å². The minimum absolute atomic E-state index is 0.274. The summed E-state index contributed by atoms with van der Waals surface area (Å²) >= 11 is 5.81. The smallest absolute Gasteiger partial charge is 0.321 e. The average molecular weight is 343 g/mol. The van der Waals surface area contributed by atoms with E-state index in [2.05, 4.69) is 0 Å². The maximum absolute atomic E-state index is 13.0. The molecule has 0 spiro atoms. The van der Waals surface area contributed by atoms with Crippen LogP contribution in [0.2, 0.25) is 0 Å². The topological polar surface area (TPSA) is 43.4 Å². The number of benzene rings is 2. The lowest BCUT2D eigenvalue weighted by Gasteiger charge is -2.39. The third-order valence-electron chi connectivity index (χ3n) is 4.77. The highest BCUT2D eigenvalue weighted by Gasteiger charge is 2.49. The van der Waals surface area contributed by atoms with Gasteiger partial charge >= 0.3 is 5.97 Å². The highest BCUT2D eigenvalue weighted by Crippen LogP contribution is 2.48. The van der Waals surface area contributed by atoms with E-state index in [-0.39, 0.29) is 17.1 Å². The van der Waals surface area contributed by atoms with Crippen LogP contribution in [-0.4, -0.2) is 17.8 Å². The van der Waals surface area contributed by atoms with Crippen LogP contribution < -0.4 is 0 Å². The summed E-state index contributed by atoms with van der Waals surface area (Å²) in [6.07, 6.45) is 1.02. The average Bonchev–Trinajstić information content (AvgIpc) is 2.61. The van der Waals surface area contributed by atoms with Gasteiger partial charge in [0.1, 0.15) is 5.41 Å². The van der Waals surface area contributed by atoms with Gasteiger partial charge in [0, 0.05) is 0 Å². The van der Waals surface area contributed by atoms with Crippen LogP contribution in [0.15, 0.2) is 54.6 Å².